The van der Waals surface area contributed by atoms with Crippen LogP contribution in [0.15, 0.2) is 72.0 Å². The van der Waals surface area contributed by atoms with Gasteiger partial charge >= 0.3 is 0 Å². The Labute approximate surface area is 138 Å². The van der Waals surface area contributed by atoms with Gasteiger partial charge in [-0.1, -0.05) is 30.3 Å². The highest BCUT2D eigenvalue weighted by Gasteiger charge is 2.07. The summed E-state index contributed by atoms with van der Waals surface area (Å²) in [5, 5.41) is 2.77. The number of pyridine rings is 1. The van der Waals surface area contributed by atoms with E-state index >= 15 is 0 Å². The molecule has 6 heteroatoms. The lowest BCUT2D eigenvalue weighted by molar-refractivity contribution is -0.121. The Morgan fingerprint density at radius 1 is 1.08 bits per heavy atom. The minimum Gasteiger partial charge on any atom is -0.350 e. The molecule has 0 aliphatic heterocycles. The van der Waals surface area contributed by atoms with Crippen molar-refractivity contribution in [3.8, 4) is 11.3 Å². The molecule has 3 rings (SSSR count). The summed E-state index contributed by atoms with van der Waals surface area (Å²) >= 11 is 0. The van der Waals surface area contributed by atoms with E-state index in [0.717, 1.165) is 11.1 Å². The van der Waals surface area contributed by atoms with Gasteiger partial charge in [0.25, 0.3) is 5.56 Å². The van der Waals surface area contributed by atoms with Crippen LogP contribution in [-0.2, 0) is 17.9 Å². The first-order valence-electron chi connectivity index (χ1n) is 7.50. The first-order valence-corrected chi connectivity index (χ1v) is 7.50. The lowest BCUT2D eigenvalue weighted by Gasteiger charge is -2.08. The van der Waals surface area contributed by atoms with Crippen LogP contribution in [0.2, 0.25) is 0 Å². The second kappa shape index (κ2) is 7.32. The molecule has 0 atom stereocenters. The molecule has 0 saturated carbocycles. The second-order valence-corrected chi connectivity index (χ2v) is 5.24. The Morgan fingerprint density at radius 3 is 2.54 bits per heavy atom. The molecule has 2 heterocycles. The fourth-order valence-electron chi connectivity index (χ4n) is 2.22. The minimum absolute atomic E-state index is 0.0635. The molecule has 1 N–H and O–H groups in total. The average Bonchev–Trinajstić information content (AvgIpc) is 2.63. The Bertz CT molecular complexity index is 876. The van der Waals surface area contributed by atoms with Crippen molar-refractivity contribution in [2.45, 2.75) is 13.1 Å². The molecule has 2 aromatic heterocycles. The van der Waals surface area contributed by atoms with Crippen LogP contribution in [0.5, 0.6) is 0 Å². The van der Waals surface area contributed by atoms with Crippen molar-refractivity contribution in [3.05, 3.63) is 83.2 Å². The number of carbonyl (C=O) groups is 1. The number of nitrogens with zero attached hydrogens (tertiary/aromatic N) is 3. The zero-order valence-corrected chi connectivity index (χ0v) is 12.9. The van der Waals surface area contributed by atoms with Gasteiger partial charge in [-0.3, -0.25) is 19.1 Å². The number of benzene rings is 1. The average molecular weight is 320 g/mol. The van der Waals surface area contributed by atoms with E-state index in [0.29, 0.717) is 12.2 Å². The van der Waals surface area contributed by atoms with Gasteiger partial charge in [-0.15, -0.1) is 0 Å². The number of rotatable bonds is 5. The Morgan fingerprint density at radius 2 is 1.83 bits per heavy atom. The summed E-state index contributed by atoms with van der Waals surface area (Å²) in [6, 6.07) is 14.5. The fourth-order valence-corrected chi connectivity index (χ4v) is 2.22. The SMILES string of the molecule is O=C(Cn1cnc(-c2ccccc2)cc1=O)NCc1ccncc1. The van der Waals surface area contributed by atoms with E-state index in [1.54, 1.807) is 12.4 Å². The highest BCUT2D eigenvalue weighted by molar-refractivity contribution is 5.75. The molecule has 0 saturated heterocycles. The highest BCUT2D eigenvalue weighted by atomic mass is 16.2. The third-order valence-electron chi connectivity index (χ3n) is 3.50. The number of carbonyl (C=O) groups excluding carboxylic acids is 1. The summed E-state index contributed by atoms with van der Waals surface area (Å²) in [5.41, 5.74) is 2.14. The van der Waals surface area contributed by atoms with Gasteiger partial charge in [-0.25, -0.2) is 4.98 Å². The molecule has 0 aliphatic rings. The number of amides is 1. The van der Waals surface area contributed by atoms with Gasteiger partial charge in [0, 0.05) is 30.6 Å². The summed E-state index contributed by atoms with van der Waals surface area (Å²) < 4.78 is 1.29. The van der Waals surface area contributed by atoms with E-state index < -0.39 is 0 Å². The maximum atomic E-state index is 12.2. The van der Waals surface area contributed by atoms with Crippen LogP contribution in [-0.4, -0.2) is 20.4 Å². The number of hydrogen-bond acceptors (Lipinski definition) is 4. The molecule has 6 nitrogen and oxygen atoms in total. The summed E-state index contributed by atoms with van der Waals surface area (Å²) in [6.45, 7) is 0.331. The van der Waals surface area contributed by atoms with E-state index in [-0.39, 0.29) is 18.0 Å². The highest BCUT2D eigenvalue weighted by Crippen LogP contribution is 2.13. The topological polar surface area (TPSA) is 76.9 Å². The molecule has 24 heavy (non-hydrogen) atoms. The third kappa shape index (κ3) is 3.92. The molecule has 0 unspecified atom stereocenters. The standard InChI is InChI=1S/C18H16N4O2/c23-17(20-11-14-6-8-19-9-7-14)12-22-13-21-16(10-18(22)24)15-4-2-1-3-5-15/h1-10,13H,11-12H2,(H,20,23). The molecule has 120 valence electrons. The first-order chi connectivity index (χ1) is 11.7. The molecule has 0 bridgehead atoms. The number of nitrogens with one attached hydrogen (secondary N) is 1. The smallest absolute Gasteiger partial charge is 0.254 e. The summed E-state index contributed by atoms with van der Waals surface area (Å²) in [6.07, 6.45) is 4.73. The molecule has 1 amide bonds. The van der Waals surface area contributed by atoms with Gasteiger partial charge in [0.1, 0.15) is 6.54 Å². The predicted molar refractivity (Wildman–Crippen MR) is 90.0 cm³/mol. The molecular weight excluding hydrogens is 304 g/mol. The van der Waals surface area contributed by atoms with Gasteiger partial charge < -0.3 is 5.32 Å². The van der Waals surface area contributed by atoms with E-state index in [4.69, 9.17) is 0 Å². The zero-order chi connectivity index (χ0) is 16.8. The van der Waals surface area contributed by atoms with Gasteiger partial charge in [-0.2, -0.15) is 0 Å². The predicted octanol–water partition coefficient (Wildman–Crippen LogP) is 1.62. The van der Waals surface area contributed by atoms with Gasteiger partial charge in [-0.05, 0) is 17.7 Å². The van der Waals surface area contributed by atoms with Gasteiger partial charge in [0.05, 0.1) is 12.0 Å². The Kier molecular flexibility index (Phi) is 4.76. The summed E-state index contributed by atoms with van der Waals surface area (Å²) in [7, 11) is 0. The lowest BCUT2D eigenvalue weighted by atomic mass is 10.1. The Balaban J connectivity index is 1.65. The first kappa shape index (κ1) is 15.6. The van der Waals surface area contributed by atoms with Crippen molar-refractivity contribution >= 4 is 5.91 Å². The molecule has 0 fully saturated rings. The van der Waals surface area contributed by atoms with Crippen LogP contribution < -0.4 is 10.9 Å². The van der Waals surface area contributed by atoms with Crippen LogP contribution in [0.3, 0.4) is 0 Å². The largest absolute Gasteiger partial charge is 0.350 e. The van der Waals surface area contributed by atoms with Crippen LogP contribution in [0.1, 0.15) is 5.56 Å². The monoisotopic (exact) mass is 320 g/mol. The van der Waals surface area contributed by atoms with E-state index in [1.165, 1.54) is 17.0 Å². The zero-order valence-electron chi connectivity index (χ0n) is 12.9. The molecule has 0 aliphatic carbocycles. The van der Waals surface area contributed by atoms with Crippen LogP contribution in [0.25, 0.3) is 11.3 Å². The molecule has 0 spiro atoms. The van der Waals surface area contributed by atoms with Crippen molar-refractivity contribution in [1.82, 2.24) is 19.9 Å². The summed E-state index contributed by atoms with van der Waals surface area (Å²) in [4.78, 5) is 32.3. The number of aromatic nitrogens is 3. The number of hydrogen-bond donors (Lipinski definition) is 1. The molecule has 1 aromatic carbocycles. The van der Waals surface area contributed by atoms with Crippen molar-refractivity contribution in [2.75, 3.05) is 0 Å². The maximum Gasteiger partial charge on any atom is 0.254 e. The fraction of sp³-hybridized carbons (Fsp3) is 0.111. The van der Waals surface area contributed by atoms with Crippen LogP contribution >= 0.6 is 0 Å². The van der Waals surface area contributed by atoms with Crippen LogP contribution in [0, 0.1) is 0 Å². The minimum atomic E-state index is -0.261. The van der Waals surface area contributed by atoms with Gasteiger partial charge in [0.2, 0.25) is 5.91 Å². The van der Waals surface area contributed by atoms with Gasteiger partial charge in [0.15, 0.2) is 0 Å². The lowest BCUT2D eigenvalue weighted by Crippen LogP contribution is -2.31. The van der Waals surface area contributed by atoms with Crippen molar-refractivity contribution in [3.63, 3.8) is 0 Å². The van der Waals surface area contributed by atoms with Crippen LogP contribution in [0.4, 0.5) is 0 Å². The molecule has 3 aromatic rings. The quantitative estimate of drug-likeness (QED) is 0.775. The Hall–Kier alpha value is -3.28. The van der Waals surface area contributed by atoms with Crippen molar-refractivity contribution in [2.24, 2.45) is 0 Å². The maximum absolute atomic E-state index is 12.2. The third-order valence-corrected chi connectivity index (χ3v) is 3.50. The van der Waals surface area contributed by atoms with Crippen molar-refractivity contribution in [1.29, 1.82) is 0 Å². The van der Waals surface area contributed by atoms with E-state index in [1.807, 2.05) is 42.5 Å². The molecular formula is C18H16N4O2. The molecule has 0 radical (unpaired) electrons. The summed E-state index contributed by atoms with van der Waals surface area (Å²) in [5.74, 6) is -0.247. The normalized spacial score (nSPS) is 10.3. The van der Waals surface area contributed by atoms with E-state index in [2.05, 4.69) is 15.3 Å². The van der Waals surface area contributed by atoms with E-state index in [9.17, 15) is 9.59 Å². The van der Waals surface area contributed by atoms with Crippen molar-refractivity contribution < 1.29 is 4.79 Å². The second-order valence-electron chi connectivity index (χ2n) is 5.24.